The number of nitrogens with one attached hydrogen (secondary N) is 1. The number of benzene rings is 2. The van der Waals surface area contributed by atoms with Crippen LogP contribution in [0.15, 0.2) is 36.4 Å². The number of rotatable bonds is 5. The SMILES string of the molecule is C[C@H](Oc1ccc(F)c(Cl)c1)C(=O)N[C@H](C)c1ccc(Cl)cc1Cl. The standard InChI is InChI=1S/C17H15Cl3FNO2/c1-9(13-5-3-11(18)7-14(13)19)22-17(23)10(2)24-12-4-6-16(21)15(20)8-12/h3-10H,1-2H3,(H,22,23)/t9-,10+/m1/s1. The van der Waals surface area contributed by atoms with E-state index in [0.717, 1.165) is 5.56 Å². The fourth-order valence-corrected chi connectivity index (χ4v) is 2.81. The second kappa shape index (κ2) is 8.06. The van der Waals surface area contributed by atoms with Gasteiger partial charge in [-0.2, -0.15) is 0 Å². The van der Waals surface area contributed by atoms with Crippen molar-refractivity contribution < 1.29 is 13.9 Å². The topological polar surface area (TPSA) is 38.3 Å². The molecule has 2 rings (SSSR count). The Morgan fingerprint density at radius 2 is 1.79 bits per heavy atom. The molecule has 0 heterocycles. The van der Waals surface area contributed by atoms with Gasteiger partial charge in [0.1, 0.15) is 11.6 Å². The number of hydrogen-bond acceptors (Lipinski definition) is 2. The van der Waals surface area contributed by atoms with E-state index in [2.05, 4.69) is 5.32 Å². The molecule has 0 aliphatic rings. The van der Waals surface area contributed by atoms with Gasteiger partial charge >= 0.3 is 0 Å². The summed E-state index contributed by atoms with van der Waals surface area (Å²) in [6.07, 6.45) is -0.792. The van der Waals surface area contributed by atoms with Gasteiger partial charge in [0.2, 0.25) is 0 Å². The van der Waals surface area contributed by atoms with Crippen LogP contribution in [0.1, 0.15) is 25.5 Å². The van der Waals surface area contributed by atoms with Gasteiger partial charge in [-0.1, -0.05) is 40.9 Å². The third kappa shape index (κ3) is 4.76. The van der Waals surface area contributed by atoms with Crippen molar-refractivity contribution in [3.63, 3.8) is 0 Å². The fourth-order valence-electron chi connectivity index (χ4n) is 2.07. The zero-order valence-electron chi connectivity index (χ0n) is 12.9. The van der Waals surface area contributed by atoms with Crippen molar-refractivity contribution in [3.8, 4) is 5.75 Å². The highest BCUT2D eigenvalue weighted by atomic mass is 35.5. The first-order valence-corrected chi connectivity index (χ1v) is 8.28. The molecule has 0 bridgehead atoms. The minimum atomic E-state index is -0.792. The van der Waals surface area contributed by atoms with Crippen LogP contribution in [-0.2, 0) is 4.79 Å². The Hall–Kier alpha value is -1.49. The molecule has 128 valence electrons. The first kappa shape index (κ1) is 18.8. The van der Waals surface area contributed by atoms with Gasteiger partial charge in [-0.05, 0) is 43.7 Å². The van der Waals surface area contributed by atoms with Crippen LogP contribution in [0, 0.1) is 5.82 Å². The Bertz CT molecular complexity index is 755. The maximum absolute atomic E-state index is 13.1. The van der Waals surface area contributed by atoms with Crippen molar-refractivity contribution in [2.75, 3.05) is 0 Å². The molecule has 0 aliphatic heterocycles. The van der Waals surface area contributed by atoms with Crippen molar-refractivity contribution in [3.05, 3.63) is 62.8 Å². The van der Waals surface area contributed by atoms with Gasteiger partial charge in [-0.3, -0.25) is 4.79 Å². The van der Waals surface area contributed by atoms with E-state index in [4.69, 9.17) is 39.5 Å². The lowest BCUT2D eigenvalue weighted by Gasteiger charge is -2.20. The molecule has 2 atom stereocenters. The Labute approximate surface area is 154 Å². The summed E-state index contributed by atoms with van der Waals surface area (Å²) in [5.41, 5.74) is 0.742. The summed E-state index contributed by atoms with van der Waals surface area (Å²) in [6, 6.07) is 8.64. The number of hydrogen-bond donors (Lipinski definition) is 1. The number of carbonyl (C=O) groups is 1. The van der Waals surface area contributed by atoms with E-state index >= 15 is 0 Å². The van der Waals surface area contributed by atoms with E-state index in [0.29, 0.717) is 15.8 Å². The molecule has 0 aromatic heterocycles. The highest BCUT2D eigenvalue weighted by Crippen LogP contribution is 2.26. The maximum atomic E-state index is 13.1. The quantitative estimate of drug-likeness (QED) is 0.739. The second-order valence-corrected chi connectivity index (χ2v) is 6.48. The summed E-state index contributed by atoms with van der Waals surface area (Å²) in [4.78, 5) is 12.2. The van der Waals surface area contributed by atoms with Crippen molar-refractivity contribution >= 4 is 40.7 Å². The number of halogens is 4. The third-order valence-corrected chi connectivity index (χ3v) is 4.21. The zero-order chi connectivity index (χ0) is 17.9. The van der Waals surface area contributed by atoms with Crippen LogP contribution in [-0.4, -0.2) is 12.0 Å². The van der Waals surface area contributed by atoms with Crippen molar-refractivity contribution in [2.24, 2.45) is 0 Å². The molecular weight excluding hydrogens is 376 g/mol. The molecule has 0 saturated heterocycles. The summed E-state index contributed by atoms with van der Waals surface area (Å²) in [7, 11) is 0. The molecule has 0 unspecified atom stereocenters. The van der Waals surface area contributed by atoms with Gasteiger partial charge in [-0.15, -0.1) is 0 Å². The minimum absolute atomic E-state index is 0.0681. The number of ether oxygens (including phenoxy) is 1. The molecule has 0 aliphatic carbocycles. The van der Waals surface area contributed by atoms with Gasteiger partial charge in [-0.25, -0.2) is 4.39 Å². The van der Waals surface area contributed by atoms with Crippen LogP contribution in [0.25, 0.3) is 0 Å². The Kier molecular flexibility index (Phi) is 6.33. The molecule has 0 fully saturated rings. The first-order chi connectivity index (χ1) is 11.3. The molecule has 24 heavy (non-hydrogen) atoms. The van der Waals surface area contributed by atoms with E-state index in [1.807, 2.05) is 0 Å². The molecule has 0 spiro atoms. The molecule has 2 aromatic carbocycles. The molecule has 0 radical (unpaired) electrons. The Morgan fingerprint density at radius 1 is 1.08 bits per heavy atom. The van der Waals surface area contributed by atoms with Crippen LogP contribution in [0.3, 0.4) is 0 Å². The third-order valence-electron chi connectivity index (χ3n) is 3.36. The molecule has 3 nitrogen and oxygen atoms in total. The van der Waals surface area contributed by atoms with Crippen LogP contribution in [0.2, 0.25) is 15.1 Å². The monoisotopic (exact) mass is 389 g/mol. The lowest BCUT2D eigenvalue weighted by atomic mass is 10.1. The van der Waals surface area contributed by atoms with Crippen molar-refractivity contribution in [1.29, 1.82) is 0 Å². The summed E-state index contributed by atoms with van der Waals surface area (Å²) in [5.74, 6) is -0.581. The van der Waals surface area contributed by atoms with E-state index in [1.165, 1.54) is 18.2 Å². The van der Waals surface area contributed by atoms with Crippen molar-refractivity contribution in [2.45, 2.75) is 26.0 Å². The largest absolute Gasteiger partial charge is 0.481 e. The average Bonchev–Trinajstić information content (AvgIpc) is 2.50. The number of carbonyl (C=O) groups excluding carboxylic acids is 1. The van der Waals surface area contributed by atoms with E-state index in [9.17, 15) is 9.18 Å². The smallest absolute Gasteiger partial charge is 0.261 e. The highest BCUT2D eigenvalue weighted by Gasteiger charge is 2.19. The van der Waals surface area contributed by atoms with Crippen LogP contribution < -0.4 is 10.1 Å². The molecule has 7 heteroatoms. The van der Waals surface area contributed by atoms with Gasteiger partial charge in [0, 0.05) is 16.1 Å². The van der Waals surface area contributed by atoms with Crippen LogP contribution in [0.4, 0.5) is 4.39 Å². The number of amides is 1. The summed E-state index contributed by atoms with van der Waals surface area (Å²) >= 11 is 17.7. The highest BCUT2D eigenvalue weighted by molar-refractivity contribution is 6.35. The van der Waals surface area contributed by atoms with Crippen LogP contribution >= 0.6 is 34.8 Å². The molecule has 2 aromatic rings. The predicted molar refractivity (Wildman–Crippen MR) is 94.5 cm³/mol. The maximum Gasteiger partial charge on any atom is 0.261 e. The van der Waals surface area contributed by atoms with Crippen LogP contribution in [0.5, 0.6) is 5.75 Å². The van der Waals surface area contributed by atoms with E-state index < -0.39 is 11.9 Å². The summed E-state index contributed by atoms with van der Waals surface area (Å²) in [6.45, 7) is 3.39. The van der Waals surface area contributed by atoms with E-state index in [1.54, 1.807) is 32.0 Å². The molecule has 0 saturated carbocycles. The van der Waals surface area contributed by atoms with Gasteiger partial charge in [0.05, 0.1) is 11.1 Å². The lowest BCUT2D eigenvalue weighted by Crippen LogP contribution is -2.37. The molecular formula is C17H15Cl3FNO2. The van der Waals surface area contributed by atoms with E-state index in [-0.39, 0.29) is 17.0 Å². The van der Waals surface area contributed by atoms with Gasteiger partial charge in [0.25, 0.3) is 5.91 Å². The molecule has 1 N–H and O–H groups in total. The summed E-state index contributed by atoms with van der Waals surface area (Å²) in [5, 5.41) is 3.72. The first-order valence-electron chi connectivity index (χ1n) is 7.15. The van der Waals surface area contributed by atoms with Gasteiger partial charge in [0.15, 0.2) is 6.10 Å². The van der Waals surface area contributed by atoms with Gasteiger partial charge < -0.3 is 10.1 Å². The molecule has 1 amide bonds. The Morgan fingerprint density at radius 3 is 2.42 bits per heavy atom. The second-order valence-electron chi connectivity index (χ2n) is 5.23. The predicted octanol–water partition coefficient (Wildman–Crippen LogP) is 5.43. The lowest BCUT2D eigenvalue weighted by molar-refractivity contribution is -0.127. The average molecular weight is 391 g/mol. The minimum Gasteiger partial charge on any atom is -0.481 e. The Balaban J connectivity index is 2.01. The normalized spacial score (nSPS) is 13.2. The van der Waals surface area contributed by atoms with Crippen molar-refractivity contribution in [1.82, 2.24) is 5.32 Å². The summed E-state index contributed by atoms with van der Waals surface area (Å²) < 4.78 is 18.6. The zero-order valence-corrected chi connectivity index (χ0v) is 15.2. The fraction of sp³-hybridized carbons (Fsp3) is 0.235.